The van der Waals surface area contributed by atoms with Crippen LogP contribution in [0.15, 0.2) is 71.6 Å². The maximum Gasteiger partial charge on any atom is 0.255 e. The third-order valence-electron chi connectivity index (χ3n) is 5.80. The average Bonchev–Trinajstić information content (AvgIpc) is 2.80. The lowest BCUT2D eigenvalue weighted by Crippen LogP contribution is -2.36. The number of amides is 1. The van der Waals surface area contributed by atoms with Crippen LogP contribution in [0.2, 0.25) is 0 Å². The lowest BCUT2D eigenvalue weighted by Gasteiger charge is -2.28. The van der Waals surface area contributed by atoms with Crippen LogP contribution in [0.5, 0.6) is 0 Å². The van der Waals surface area contributed by atoms with Crippen molar-refractivity contribution >= 4 is 27.3 Å². The summed E-state index contributed by atoms with van der Waals surface area (Å²) in [5.74, 6) is -0.341. The van der Waals surface area contributed by atoms with E-state index in [4.69, 9.17) is 0 Å². The van der Waals surface area contributed by atoms with E-state index in [-0.39, 0.29) is 10.8 Å². The first-order chi connectivity index (χ1) is 15.3. The third-order valence-corrected chi connectivity index (χ3v) is 7.65. The summed E-state index contributed by atoms with van der Waals surface area (Å²) in [6, 6.07) is 19.9. The van der Waals surface area contributed by atoms with Gasteiger partial charge in [0, 0.05) is 44.1 Å². The van der Waals surface area contributed by atoms with Crippen LogP contribution in [0, 0.1) is 6.92 Å². The van der Waals surface area contributed by atoms with Crippen LogP contribution < -0.4 is 10.2 Å². The van der Waals surface area contributed by atoms with Crippen molar-refractivity contribution in [1.29, 1.82) is 0 Å². The molecule has 0 aliphatic carbocycles. The Bertz CT molecular complexity index is 1270. The molecule has 0 unspecified atom stereocenters. The lowest BCUT2D eigenvalue weighted by molar-refractivity contribution is 0.102. The number of nitrogens with one attached hydrogen (secondary N) is 1. The van der Waals surface area contributed by atoms with Crippen molar-refractivity contribution in [3.8, 4) is 0 Å². The van der Waals surface area contributed by atoms with Crippen LogP contribution >= 0.6 is 0 Å². The maximum atomic E-state index is 13.3. The molecule has 1 amide bonds. The van der Waals surface area contributed by atoms with Crippen LogP contribution in [-0.4, -0.2) is 39.3 Å². The van der Waals surface area contributed by atoms with Gasteiger partial charge in [-0.15, -0.1) is 0 Å². The minimum atomic E-state index is -3.71. The number of carbonyl (C=O) groups excluding carboxylic acids is 1. The Hall–Kier alpha value is -3.16. The van der Waals surface area contributed by atoms with Gasteiger partial charge in [0.1, 0.15) is 0 Å². The van der Waals surface area contributed by atoms with Crippen LogP contribution in [0.4, 0.5) is 11.4 Å². The first-order valence-corrected chi connectivity index (χ1v) is 12.0. The normalized spacial score (nSPS) is 14.0. The molecule has 0 fully saturated rings. The van der Waals surface area contributed by atoms with E-state index in [9.17, 15) is 13.2 Å². The predicted octanol–water partition coefficient (Wildman–Crippen LogP) is 4.06. The minimum absolute atomic E-state index is 0.129. The first kappa shape index (κ1) is 22.0. The third kappa shape index (κ3) is 4.40. The number of anilines is 2. The fourth-order valence-electron chi connectivity index (χ4n) is 3.88. The Labute approximate surface area is 189 Å². The summed E-state index contributed by atoms with van der Waals surface area (Å²) in [7, 11) is 0.207. The molecule has 1 aliphatic rings. The van der Waals surface area contributed by atoms with Gasteiger partial charge in [-0.3, -0.25) is 4.79 Å². The zero-order valence-electron chi connectivity index (χ0n) is 18.5. The number of aryl methyl sites for hydroxylation is 1. The fourth-order valence-corrected chi connectivity index (χ4v) is 5.35. The van der Waals surface area contributed by atoms with E-state index in [0.29, 0.717) is 30.8 Å². The highest BCUT2D eigenvalue weighted by Crippen LogP contribution is 2.26. The van der Waals surface area contributed by atoms with E-state index in [1.54, 1.807) is 18.2 Å². The van der Waals surface area contributed by atoms with Gasteiger partial charge in [-0.2, -0.15) is 4.31 Å². The number of rotatable bonds is 5. The van der Waals surface area contributed by atoms with Gasteiger partial charge in [-0.1, -0.05) is 30.3 Å². The van der Waals surface area contributed by atoms with Gasteiger partial charge in [-0.25, -0.2) is 8.42 Å². The Morgan fingerprint density at radius 1 is 0.969 bits per heavy atom. The van der Waals surface area contributed by atoms with E-state index in [1.807, 2.05) is 68.4 Å². The summed E-state index contributed by atoms with van der Waals surface area (Å²) in [4.78, 5) is 15.0. The summed E-state index contributed by atoms with van der Waals surface area (Å²) < 4.78 is 28.0. The number of hydrogen-bond acceptors (Lipinski definition) is 4. The van der Waals surface area contributed by atoms with Gasteiger partial charge in [0.05, 0.1) is 4.90 Å². The van der Waals surface area contributed by atoms with Gasteiger partial charge in [-0.05, 0) is 66.4 Å². The topological polar surface area (TPSA) is 69.7 Å². The van der Waals surface area contributed by atoms with Crippen LogP contribution in [0.3, 0.4) is 0 Å². The van der Waals surface area contributed by atoms with Gasteiger partial charge in [0.25, 0.3) is 5.91 Å². The molecule has 6 nitrogen and oxygen atoms in total. The fraction of sp³-hybridized carbons (Fsp3) is 0.240. The van der Waals surface area contributed by atoms with Crippen LogP contribution in [0.25, 0.3) is 0 Å². The molecule has 4 rings (SSSR count). The smallest absolute Gasteiger partial charge is 0.255 e. The molecule has 0 aromatic heterocycles. The minimum Gasteiger partial charge on any atom is -0.378 e. The maximum absolute atomic E-state index is 13.3. The van der Waals surface area contributed by atoms with E-state index in [1.165, 1.54) is 15.9 Å². The monoisotopic (exact) mass is 449 g/mol. The summed E-state index contributed by atoms with van der Waals surface area (Å²) in [6.45, 7) is 2.69. The molecule has 1 aliphatic heterocycles. The molecule has 0 saturated heterocycles. The second kappa shape index (κ2) is 8.76. The highest BCUT2D eigenvalue weighted by atomic mass is 32.2. The Kier molecular flexibility index (Phi) is 6.04. The molecular weight excluding hydrogens is 422 g/mol. The van der Waals surface area contributed by atoms with E-state index >= 15 is 0 Å². The summed E-state index contributed by atoms with van der Waals surface area (Å²) in [5.41, 5.74) is 5.17. The largest absolute Gasteiger partial charge is 0.378 e. The van der Waals surface area contributed by atoms with Crippen molar-refractivity contribution < 1.29 is 13.2 Å². The van der Waals surface area contributed by atoms with Crippen molar-refractivity contribution in [2.24, 2.45) is 0 Å². The van der Waals surface area contributed by atoms with E-state index < -0.39 is 10.0 Å². The van der Waals surface area contributed by atoms with Gasteiger partial charge in [0.15, 0.2) is 0 Å². The number of nitrogens with zero attached hydrogens (tertiary/aromatic N) is 2. The van der Waals surface area contributed by atoms with Crippen molar-refractivity contribution in [2.45, 2.75) is 24.8 Å². The lowest BCUT2D eigenvalue weighted by atomic mass is 10.0. The van der Waals surface area contributed by atoms with Crippen molar-refractivity contribution in [1.82, 2.24) is 4.31 Å². The SMILES string of the molecule is Cc1cc(N(C)C)ccc1NC(=O)c1cccc(S(=O)(=O)N2CCc3ccccc3C2)c1. The zero-order valence-corrected chi connectivity index (χ0v) is 19.3. The molecule has 7 heteroatoms. The standard InChI is InChI=1S/C25H27N3O3S/c1-18-15-22(27(2)3)11-12-24(18)26-25(29)20-9-6-10-23(16-20)32(30,31)28-14-13-19-7-4-5-8-21(19)17-28/h4-12,15-16H,13-14,17H2,1-3H3,(H,26,29). The highest BCUT2D eigenvalue weighted by Gasteiger charge is 2.28. The average molecular weight is 450 g/mol. The number of hydrogen-bond donors (Lipinski definition) is 1. The molecule has 0 bridgehead atoms. The Morgan fingerprint density at radius 2 is 1.72 bits per heavy atom. The first-order valence-electron chi connectivity index (χ1n) is 10.5. The number of benzene rings is 3. The van der Waals surface area contributed by atoms with Gasteiger partial charge < -0.3 is 10.2 Å². The van der Waals surface area contributed by atoms with Gasteiger partial charge in [0.2, 0.25) is 10.0 Å². The molecule has 3 aromatic carbocycles. The van der Waals surface area contributed by atoms with E-state index in [0.717, 1.165) is 16.8 Å². The molecular formula is C25H27N3O3S. The second-order valence-corrected chi connectivity index (χ2v) is 10.2. The molecule has 0 saturated carbocycles. The summed E-state index contributed by atoms with van der Waals surface area (Å²) in [5, 5.41) is 2.90. The molecule has 0 spiro atoms. The quantitative estimate of drug-likeness (QED) is 0.638. The Balaban J connectivity index is 1.55. The molecule has 1 heterocycles. The van der Waals surface area contributed by atoms with Crippen molar-refractivity contribution in [2.75, 3.05) is 30.9 Å². The predicted molar refractivity (Wildman–Crippen MR) is 128 cm³/mol. The van der Waals surface area contributed by atoms with Crippen molar-refractivity contribution in [3.63, 3.8) is 0 Å². The number of sulfonamides is 1. The molecule has 3 aromatic rings. The van der Waals surface area contributed by atoms with Crippen LogP contribution in [0.1, 0.15) is 27.0 Å². The highest BCUT2D eigenvalue weighted by molar-refractivity contribution is 7.89. The molecule has 1 N–H and O–H groups in total. The van der Waals surface area contributed by atoms with Crippen molar-refractivity contribution in [3.05, 3.63) is 89.0 Å². The van der Waals surface area contributed by atoms with Gasteiger partial charge >= 0.3 is 0 Å². The van der Waals surface area contributed by atoms with Crippen LogP contribution in [-0.2, 0) is 23.0 Å². The zero-order chi connectivity index (χ0) is 22.9. The number of carbonyl (C=O) groups is 1. The summed E-state index contributed by atoms with van der Waals surface area (Å²) >= 11 is 0. The molecule has 32 heavy (non-hydrogen) atoms. The molecule has 0 atom stereocenters. The summed E-state index contributed by atoms with van der Waals surface area (Å²) in [6.07, 6.45) is 0.678. The Morgan fingerprint density at radius 3 is 2.44 bits per heavy atom. The molecule has 0 radical (unpaired) electrons. The molecule has 166 valence electrons. The van der Waals surface area contributed by atoms with E-state index in [2.05, 4.69) is 5.32 Å². The second-order valence-electron chi connectivity index (χ2n) is 8.23. The number of fused-ring (bicyclic) bond motifs is 1.